The molecule has 0 aliphatic carbocycles. The summed E-state index contributed by atoms with van der Waals surface area (Å²) in [4.78, 5) is 24.7. The van der Waals surface area contributed by atoms with Gasteiger partial charge in [-0.05, 0) is 31.2 Å². The summed E-state index contributed by atoms with van der Waals surface area (Å²) in [6, 6.07) is 14.0. The molecule has 0 spiro atoms. The van der Waals surface area contributed by atoms with Crippen molar-refractivity contribution < 1.29 is 9.59 Å². The normalized spacial score (nSPS) is 10.2. The number of carbonyl (C=O) groups is 2. The van der Waals surface area contributed by atoms with Crippen molar-refractivity contribution in [3.05, 3.63) is 77.9 Å². The minimum atomic E-state index is -0.380. The van der Waals surface area contributed by atoms with Crippen LogP contribution in [0, 0.1) is 6.92 Å². The van der Waals surface area contributed by atoms with Crippen molar-refractivity contribution >= 4 is 17.5 Å². The van der Waals surface area contributed by atoms with Crippen molar-refractivity contribution in [1.29, 1.82) is 0 Å². The molecule has 0 saturated carbocycles. The highest BCUT2D eigenvalue weighted by Crippen LogP contribution is 2.17. The molecule has 0 fully saturated rings. The summed E-state index contributed by atoms with van der Waals surface area (Å²) in [5.74, 6) is -0.658. The van der Waals surface area contributed by atoms with Gasteiger partial charge in [0.1, 0.15) is 12.7 Å². The van der Waals surface area contributed by atoms with Crippen molar-refractivity contribution in [3.63, 3.8) is 0 Å². The summed E-state index contributed by atoms with van der Waals surface area (Å²) in [5.41, 5.74) is 4.96. The smallest absolute Gasteiger partial charge is 0.272 e. The molecule has 0 atom stereocenters. The van der Waals surface area contributed by atoms with Crippen molar-refractivity contribution in [3.8, 4) is 0 Å². The van der Waals surface area contributed by atoms with Crippen LogP contribution in [0.15, 0.2) is 61.2 Å². The molecule has 0 aliphatic rings. The third-order valence-corrected chi connectivity index (χ3v) is 3.38. The molecular weight excluding hydrogens is 306 g/mol. The maximum Gasteiger partial charge on any atom is 0.272 e. The topological polar surface area (TPSA) is 88.9 Å². The van der Waals surface area contributed by atoms with Gasteiger partial charge in [0, 0.05) is 5.56 Å². The monoisotopic (exact) mass is 321 g/mol. The van der Waals surface area contributed by atoms with Gasteiger partial charge in [-0.25, -0.2) is 4.68 Å². The van der Waals surface area contributed by atoms with Gasteiger partial charge in [0.25, 0.3) is 11.8 Å². The molecule has 7 heteroatoms. The molecule has 0 radical (unpaired) electrons. The Kier molecular flexibility index (Phi) is 4.33. The second-order valence-corrected chi connectivity index (χ2v) is 5.18. The molecule has 0 saturated heterocycles. The summed E-state index contributed by atoms with van der Waals surface area (Å²) < 4.78 is 1.33. The predicted molar refractivity (Wildman–Crippen MR) is 89.3 cm³/mol. The number of benzene rings is 2. The van der Waals surface area contributed by atoms with Crippen LogP contribution in [0.1, 0.15) is 26.3 Å². The zero-order valence-electron chi connectivity index (χ0n) is 12.9. The van der Waals surface area contributed by atoms with E-state index in [1.54, 1.807) is 36.4 Å². The molecular formula is C17H15N5O2. The van der Waals surface area contributed by atoms with Crippen molar-refractivity contribution in [2.24, 2.45) is 0 Å². The van der Waals surface area contributed by atoms with Crippen LogP contribution < -0.4 is 10.7 Å². The van der Waals surface area contributed by atoms with Crippen LogP contribution in [-0.2, 0) is 0 Å². The van der Waals surface area contributed by atoms with Gasteiger partial charge >= 0.3 is 0 Å². The minimum Gasteiger partial charge on any atom is -0.321 e. The largest absolute Gasteiger partial charge is 0.321 e. The molecule has 3 aromatic rings. The number of amides is 2. The first kappa shape index (κ1) is 15.4. The van der Waals surface area contributed by atoms with Crippen molar-refractivity contribution in [1.82, 2.24) is 14.9 Å². The Morgan fingerprint density at radius 2 is 1.58 bits per heavy atom. The summed E-state index contributed by atoms with van der Waals surface area (Å²) in [5, 5.41) is 10.00. The average Bonchev–Trinajstić information content (AvgIpc) is 3.09. The van der Waals surface area contributed by atoms with E-state index in [4.69, 9.17) is 0 Å². The summed E-state index contributed by atoms with van der Waals surface area (Å²) >= 11 is 0. The lowest BCUT2D eigenvalue weighted by Crippen LogP contribution is -2.23. The van der Waals surface area contributed by atoms with E-state index >= 15 is 0 Å². The highest BCUT2D eigenvalue weighted by Gasteiger charge is 2.14. The Bertz CT molecular complexity index is 857. The highest BCUT2D eigenvalue weighted by molar-refractivity contribution is 6.10. The van der Waals surface area contributed by atoms with Gasteiger partial charge in [-0.2, -0.15) is 0 Å². The fraction of sp³-hybridized carbons (Fsp3) is 0.0588. The summed E-state index contributed by atoms with van der Waals surface area (Å²) in [7, 11) is 0. The number of rotatable bonds is 4. The number of hydrogen-bond acceptors (Lipinski definition) is 4. The van der Waals surface area contributed by atoms with Crippen LogP contribution >= 0.6 is 0 Å². The van der Waals surface area contributed by atoms with Gasteiger partial charge in [-0.15, -0.1) is 10.2 Å². The number of hydrogen-bond donors (Lipinski definition) is 2. The zero-order chi connectivity index (χ0) is 16.9. The molecule has 0 bridgehead atoms. The molecule has 7 nitrogen and oxygen atoms in total. The zero-order valence-corrected chi connectivity index (χ0v) is 12.9. The maximum atomic E-state index is 12.4. The molecule has 2 N–H and O–H groups in total. The predicted octanol–water partition coefficient (Wildman–Crippen LogP) is 2.22. The molecule has 3 rings (SSSR count). The molecule has 24 heavy (non-hydrogen) atoms. The minimum absolute atomic E-state index is 0.278. The lowest BCUT2D eigenvalue weighted by atomic mass is 10.1. The van der Waals surface area contributed by atoms with Crippen LogP contribution in [0.25, 0.3) is 0 Å². The van der Waals surface area contributed by atoms with Gasteiger partial charge in [-0.3, -0.25) is 15.0 Å². The van der Waals surface area contributed by atoms with E-state index in [1.165, 1.54) is 17.3 Å². The molecule has 2 aromatic carbocycles. The van der Waals surface area contributed by atoms with Gasteiger partial charge in [0.2, 0.25) is 0 Å². The number of nitrogens with zero attached hydrogens (tertiary/aromatic N) is 3. The van der Waals surface area contributed by atoms with E-state index in [1.807, 2.05) is 19.1 Å². The van der Waals surface area contributed by atoms with Crippen LogP contribution in [0.4, 0.5) is 5.69 Å². The lowest BCUT2D eigenvalue weighted by Gasteiger charge is -2.11. The molecule has 120 valence electrons. The SMILES string of the molecule is Cc1ccc(C(=O)Nc2ccccc2C(=O)Nn2cnnc2)cc1. The number of nitrogens with one attached hydrogen (secondary N) is 2. The quantitative estimate of drug-likeness (QED) is 0.771. The molecule has 2 amide bonds. The molecule has 1 heterocycles. The van der Waals surface area contributed by atoms with E-state index < -0.39 is 0 Å². The first-order valence-corrected chi connectivity index (χ1v) is 7.26. The van der Waals surface area contributed by atoms with E-state index in [-0.39, 0.29) is 11.8 Å². The molecule has 0 unspecified atom stereocenters. The number of anilines is 1. The number of aryl methyl sites for hydroxylation is 1. The van der Waals surface area contributed by atoms with Crippen LogP contribution in [0.2, 0.25) is 0 Å². The maximum absolute atomic E-state index is 12.4. The van der Waals surface area contributed by atoms with Crippen molar-refractivity contribution in [2.75, 3.05) is 10.7 Å². The van der Waals surface area contributed by atoms with Crippen molar-refractivity contribution in [2.45, 2.75) is 6.92 Å². The standard InChI is InChI=1S/C17H15N5O2/c1-12-6-8-13(9-7-12)16(23)20-15-5-3-2-4-14(15)17(24)21-22-10-18-19-11-22/h2-11H,1H3,(H,20,23)(H,21,24). The highest BCUT2D eigenvalue weighted by atomic mass is 16.2. The van der Waals surface area contributed by atoms with Gasteiger partial charge in [0.15, 0.2) is 0 Å². The third kappa shape index (κ3) is 3.46. The average molecular weight is 321 g/mol. The Morgan fingerprint density at radius 1 is 0.917 bits per heavy atom. The first-order valence-electron chi connectivity index (χ1n) is 7.26. The number of carbonyl (C=O) groups excluding carboxylic acids is 2. The second kappa shape index (κ2) is 6.74. The third-order valence-electron chi connectivity index (χ3n) is 3.38. The Labute approximate surface area is 138 Å². The summed E-state index contributed by atoms with van der Waals surface area (Å²) in [6.45, 7) is 1.95. The van der Waals surface area contributed by atoms with E-state index in [0.29, 0.717) is 16.8 Å². The Hall–Kier alpha value is -3.48. The van der Waals surface area contributed by atoms with Gasteiger partial charge in [-0.1, -0.05) is 29.8 Å². The molecule has 0 aliphatic heterocycles. The van der Waals surface area contributed by atoms with Crippen LogP contribution in [0.3, 0.4) is 0 Å². The Morgan fingerprint density at radius 3 is 2.29 bits per heavy atom. The van der Waals surface area contributed by atoms with Crippen LogP contribution in [-0.4, -0.2) is 26.7 Å². The Balaban J connectivity index is 1.80. The second-order valence-electron chi connectivity index (χ2n) is 5.18. The number of para-hydroxylation sites is 1. The first-order chi connectivity index (χ1) is 11.6. The van der Waals surface area contributed by atoms with Gasteiger partial charge in [0.05, 0.1) is 11.3 Å². The van der Waals surface area contributed by atoms with E-state index in [0.717, 1.165) is 5.56 Å². The fourth-order valence-electron chi connectivity index (χ4n) is 2.13. The van der Waals surface area contributed by atoms with E-state index in [9.17, 15) is 9.59 Å². The lowest BCUT2D eigenvalue weighted by molar-refractivity contribution is 0.101. The van der Waals surface area contributed by atoms with Crippen LogP contribution in [0.5, 0.6) is 0 Å². The molecule has 1 aromatic heterocycles. The number of aromatic nitrogens is 3. The summed E-state index contributed by atoms with van der Waals surface area (Å²) in [6.07, 6.45) is 2.73. The van der Waals surface area contributed by atoms with E-state index in [2.05, 4.69) is 20.9 Å². The van der Waals surface area contributed by atoms with Gasteiger partial charge < -0.3 is 5.32 Å². The fourth-order valence-corrected chi connectivity index (χ4v) is 2.13.